The van der Waals surface area contributed by atoms with Crippen LogP contribution in [0.1, 0.15) is 32.8 Å². The van der Waals surface area contributed by atoms with E-state index >= 15 is 0 Å². The molecule has 25 heavy (non-hydrogen) atoms. The van der Waals surface area contributed by atoms with Gasteiger partial charge in [-0.3, -0.25) is 0 Å². The Morgan fingerprint density at radius 2 is 1.84 bits per heavy atom. The fourth-order valence-electron chi connectivity index (χ4n) is 2.56. The quantitative estimate of drug-likeness (QED) is 0.700. The van der Waals surface area contributed by atoms with E-state index < -0.39 is 17.7 Å². The molecule has 1 aliphatic rings. The number of carbonyl (C=O) groups excluding carboxylic acids is 2. The van der Waals surface area contributed by atoms with Crippen molar-refractivity contribution in [2.24, 2.45) is 0 Å². The smallest absolute Gasteiger partial charge is 0.410 e. The van der Waals surface area contributed by atoms with Crippen molar-refractivity contribution in [3.05, 3.63) is 39.4 Å². The summed E-state index contributed by atoms with van der Waals surface area (Å²) in [6.45, 7) is 5.95. The van der Waals surface area contributed by atoms with E-state index in [1.807, 2.05) is 0 Å². The van der Waals surface area contributed by atoms with Crippen LogP contribution in [-0.4, -0.2) is 42.8 Å². The third-order valence-corrected chi connectivity index (χ3v) is 4.44. The Kier molecular flexibility index (Phi) is 6.01. The minimum atomic E-state index is -0.601. The molecule has 1 heterocycles. The molecule has 0 fully saturated rings. The molecule has 0 aliphatic carbocycles. The molecule has 1 amide bonds. The van der Waals surface area contributed by atoms with E-state index in [1.54, 1.807) is 39.0 Å². The van der Waals surface area contributed by atoms with E-state index in [-0.39, 0.29) is 6.54 Å². The van der Waals surface area contributed by atoms with Crippen molar-refractivity contribution in [1.82, 2.24) is 4.90 Å². The standard InChI is InChI=1S/C18H21Cl2NO4/c1-18(2,3)25-17(23)21-8-7-12(13(10-21)16(22)24-4)11-5-6-14(19)15(20)9-11/h5-6,9H,7-8,10H2,1-4H3. The predicted molar refractivity (Wildman–Crippen MR) is 97.8 cm³/mol. The van der Waals surface area contributed by atoms with Gasteiger partial charge in [-0.15, -0.1) is 0 Å². The molecule has 7 heteroatoms. The van der Waals surface area contributed by atoms with Gasteiger partial charge in [-0.1, -0.05) is 29.3 Å². The molecule has 0 spiro atoms. The van der Waals surface area contributed by atoms with E-state index in [2.05, 4.69) is 0 Å². The van der Waals surface area contributed by atoms with Crippen molar-refractivity contribution in [3.63, 3.8) is 0 Å². The number of carbonyl (C=O) groups is 2. The molecule has 1 aromatic carbocycles. The van der Waals surface area contributed by atoms with Crippen LogP contribution in [0.5, 0.6) is 0 Å². The lowest BCUT2D eigenvalue weighted by Crippen LogP contribution is -2.41. The van der Waals surface area contributed by atoms with E-state index in [0.29, 0.717) is 28.6 Å². The first-order chi connectivity index (χ1) is 11.6. The first-order valence-corrected chi connectivity index (χ1v) is 8.61. The second-order valence-corrected chi connectivity index (χ2v) is 7.54. The first-order valence-electron chi connectivity index (χ1n) is 7.86. The van der Waals surface area contributed by atoms with Gasteiger partial charge < -0.3 is 14.4 Å². The van der Waals surface area contributed by atoms with Crippen molar-refractivity contribution < 1.29 is 19.1 Å². The zero-order chi connectivity index (χ0) is 18.8. The van der Waals surface area contributed by atoms with E-state index in [0.717, 1.165) is 11.1 Å². The largest absolute Gasteiger partial charge is 0.466 e. The van der Waals surface area contributed by atoms with E-state index in [1.165, 1.54) is 12.0 Å². The van der Waals surface area contributed by atoms with Crippen molar-refractivity contribution in [3.8, 4) is 0 Å². The average molecular weight is 386 g/mol. The maximum Gasteiger partial charge on any atom is 0.410 e. The summed E-state index contributed by atoms with van der Waals surface area (Å²) in [6, 6.07) is 5.20. The van der Waals surface area contributed by atoms with Crippen LogP contribution >= 0.6 is 23.2 Å². The molecule has 0 atom stereocenters. The molecule has 2 rings (SSSR count). The number of nitrogens with zero attached hydrogens (tertiary/aromatic N) is 1. The lowest BCUT2D eigenvalue weighted by Gasteiger charge is -2.32. The number of hydrogen-bond acceptors (Lipinski definition) is 4. The molecule has 0 unspecified atom stereocenters. The Bertz CT molecular complexity index is 722. The molecule has 0 bridgehead atoms. The van der Waals surface area contributed by atoms with Gasteiger partial charge in [0.1, 0.15) is 5.60 Å². The summed E-state index contributed by atoms with van der Waals surface area (Å²) < 4.78 is 10.3. The number of benzene rings is 1. The van der Waals surface area contributed by atoms with Crippen LogP contribution in [0.15, 0.2) is 23.8 Å². The van der Waals surface area contributed by atoms with Gasteiger partial charge in [-0.2, -0.15) is 0 Å². The highest BCUT2D eigenvalue weighted by Gasteiger charge is 2.30. The lowest BCUT2D eigenvalue weighted by atomic mass is 9.93. The summed E-state index contributed by atoms with van der Waals surface area (Å²) in [6.07, 6.45) is 0.0313. The Hall–Kier alpha value is -1.72. The Balaban J connectivity index is 2.35. The predicted octanol–water partition coefficient (Wildman–Crippen LogP) is 4.56. The van der Waals surface area contributed by atoms with Gasteiger partial charge in [0.2, 0.25) is 0 Å². The third-order valence-electron chi connectivity index (χ3n) is 3.70. The Morgan fingerprint density at radius 3 is 2.40 bits per heavy atom. The molecule has 1 aromatic rings. The summed E-state index contributed by atoms with van der Waals surface area (Å²) in [7, 11) is 1.31. The van der Waals surface area contributed by atoms with Gasteiger partial charge >= 0.3 is 12.1 Å². The molecule has 0 saturated carbocycles. The van der Waals surface area contributed by atoms with Gasteiger partial charge in [-0.25, -0.2) is 9.59 Å². The molecule has 0 radical (unpaired) electrons. The molecule has 0 saturated heterocycles. The van der Waals surface area contributed by atoms with E-state index in [4.69, 9.17) is 32.7 Å². The van der Waals surface area contributed by atoms with Crippen LogP contribution in [-0.2, 0) is 14.3 Å². The molecule has 136 valence electrons. The van der Waals surface area contributed by atoms with Crippen LogP contribution in [0.2, 0.25) is 10.0 Å². The highest BCUT2D eigenvalue weighted by atomic mass is 35.5. The van der Waals surface area contributed by atoms with Gasteiger partial charge in [0.05, 0.1) is 29.3 Å². The van der Waals surface area contributed by atoms with Crippen molar-refractivity contribution in [2.75, 3.05) is 20.2 Å². The molecule has 0 N–H and O–H groups in total. The van der Waals surface area contributed by atoms with Gasteiger partial charge in [-0.05, 0) is 50.5 Å². The van der Waals surface area contributed by atoms with Crippen molar-refractivity contribution in [2.45, 2.75) is 32.8 Å². The van der Waals surface area contributed by atoms with Crippen LogP contribution in [0.3, 0.4) is 0 Å². The highest BCUT2D eigenvalue weighted by molar-refractivity contribution is 6.42. The van der Waals surface area contributed by atoms with Gasteiger partial charge in [0.15, 0.2) is 0 Å². The molecular formula is C18H21Cl2NO4. The van der Waals surface area contributed by atoms with Crippen molar-refractivity contribution >= 4 is 40.8 Å². The zero-order valence-electron chi connectivity index (χ0n) is 14.7. The number of methoxy groups -OCH3 is 1. The molecular weight excluding hydrogens is 365 g/mol. The van der Waals surface area contributed by atoms with Gasteiger partial charge in [0, 0.05) is 6.54 Å². The highest BCUT2D eigenvalue weighted by Crippen LogP contribution is 2.32. The van der Waals surface area contributed by atoms with Gasteiger partial charge in [0.25, 0.3) is 0 Å². The fraction of sp³-hybridized carbons (Fsp3) is 0.444. The number of esters is 1. The topological polar surface area (TPSA) is 55.8 Å². The number of hydrogen-bond donors (Lipinski definition) is 0. The number of halogens is 2. The summed E-state index contributed by atoms with van der Waals surface area (Å²) in [5, 5.41) is 0.849. The zero-order valence-corrected chi connectivity index (χ0v) is 16.2. The van der Waals surface area contributed by atoms with Crippen LogP contribution < -0.4 is 0 Å². The summed E-state index contributed by atoms with van der Waals surface area (Å²) in [4.78, 5) is 26.0. The number of rotatable bonds is 2. The minimum absolute atomic E-state index is 0.122. The van der Waals surface area contributed by atoms with Crippen LogP contribution in [0, 0.1) is 0 Å². The first kappa shape index (κ1) is 19.6. The SMILES string of the molecule is COC(=O)C1=C(c2ccc(Cl)c(Cl)c2)CCN(C(=O)OC(C)(C)C)C1. The Labute approximate surface area is 157 Å². The third kappa shape index (κ3) is 4.89. The van der Waals surface area contributed by atoms with Crippen LogP contribution in [0.4, 0.5) is 4.79 Å². The second kappa shape index (κ2) is 7.67. The maximum atomic E-state index is 12.3. The van der Waals surface area contributed by atoms with Crippen molar-refractivity contribution in [1.29, 1.82) is 0 Å². The number of ether oxygens (including phenoxy) is 2. The monoisotopic (exact) mass is 385 g/mol. The number of amides is 1. The normalized spacial score (nSPS) is 15.2. The maximum absolute atomic E-state index is 12.3. The fourth-order valence-corrected chi connectivity index (χ4v) is 2.86. The lowest BCUT2D eigenvalue weighted by molar-refractivity contribution is -0.136. The van der Waals surface area contributed by atoms with Crippen LogP contribution in [0.25, 0.3) is 5.57 Å². The summed E-state index contributed by atoms with van der Waals surface area (Å²) in [5.74, 6) is -0.477. The molecule has 1 aliphatic heterocycles. The second-order valence-electron chi connectivity index (χ2n) is 6.73. The molecule has 5 nitrogen and oxygen atoms in total. The average Bonchev–Trinajstić information content (AvgIpc) is 2.54. The summed E-state index contributed by atoms with van der Waals surface area (Å²) in [5.41, 5.74) is 1.40. The minimum Gasteiger partial charge on any atom is -0.466 e. The summed E-state index contributed by atoms with van der Waals surface area (Å²) >= 11 is 12.1. The molecule has 0 aromatic heterocycles. The Morgan fingerprint density at radius 1 is 1.16 bits per heavy atom. The van der Waals surface area contributed by atoms with E-state index in [9.17, 15) is 9.59 Å².